The van der Waals surface area contributed by atoms with E-state index in [1.807, 2.05) is 19.9 Å². The highest BCUT2D eigenvalue weighted by Gasteiger charge is 2.18. The molecule has 1 amide bonds. The highest BCUT2D eigenvalue weighted by atomic mass is 16.5. The molecule has 0 saturated carbocycles. The molecule has 1 fully saturated rings. The lowest BCUT2D eigenvalue weighted by Crippen LogP contribution is -2.37. The third kappa shape index (κ3) is 3.67. The van der Waals surface area contributed by atoms with Gasteiger partial charge in [0.1, 0.15) is 6.33 Å². The molecule has 1 aliphatic rings. The number of hydrogen-bond donors (Lipinski definition) is 1. The van der Waals surface area contributed by atoms with Crippen molar-refractivity contribution in [2.45, 2.75) is 13.8 Å². The van der Waals surface area contributed by atoms with E-state index in [0.717, 1.165) is 24.5 Å². The topological polar surface area (TPSA) is 111 Å². The van der Waals surface area contributed by atoms with Gasteiger partial charge in [0.15, 0.2) is 0 Å². The van der Waals surface area contributed by atoms with Crippen LogP contribution in [-0.4, -0.2) is 62.4 Å². The van der Waals surface area contributed by atoms with E-state index in [2.05, 4.69) is 35.7 Å². The highest BCUT2D eigenvalue weighted by Crippen LogP contribution is 2.22. The minimum absolute atomic E-state index is 0.246. The van der Waals surface area contributed by atoms with Crippen LogP contribution in [0.4, 0.5) is 11.6 Å². The predicted molar refractivity (Wildman–Crippen MR) is 102 cm³/mol. The number of nitrogens with one attached hydrogen (secondary N) is 1. The number of hydrogen-bond acceptors (Lipinski definition) is 8. The number of nitrogens with zero attached hydrogens (tertiary/aromatic N) is 7. The summed E-state index contributed by atoms with van der Waals surface area (Å²) >= 11 is 0. The molecule has 144 valence electrons. The molecule has 1 saturated heterocycles. The first kappa shape index (κ1) is 18.0. The molecule has 3 aromatic rings. The molecule has 0 unspecified atom stereocenters. The normalized spacial score (nSPS) is 14.1. The van der Waals surface area contributed by atoms with E-state index in [-0.39, 0.29) is 5.91 Å². The van der Waals surface area contributed by atoms with Crippen LogP contribution < -0.4 is 10.2 Å². The minimum Gasteiger partial charge on any atom is -0.378 e. The number of anilines is 2. The standard InChI is InChI=1S/C18H20N8O2/c1-12-16(13(2)21-18(20-12)25-6-8-28-9-7-25)22-17(27)14-4-3-5-15(10-14)26-11-19-23-24-26/h3-5,10-11H,6-9H2,1-2H3,(H,22,27). The Balaban J connectivity index is 1.55. The molecule has 1 aromatic carbocycles. The van der Waals surface area contributed by atoms with Crippen LogP contribution in [0.5, 0.6) is 0 Å². The summed E-state index contributed by atoms with van der Waals surface area (Å²) in [5, 5.41) is 14.0. The van der Waals surface area contributed by atoms with Gasteiger partial charge in [0.2, 0.25) is 5.95 Å². The van der Waals surface area contributed by atoms with Gasteiger partial charge < -0.3 is 15.0 Å². The van der Waals surface area contributed by atoms with Gasteiger partial charge in [0, 0.05) is 18.7 Å². The summed E-state index contributed by atoms with van der Waals surface area (Å²) in [5.41, 5.74) is 3.25. The van der Waals surface area contributed by atoms with Crippen molar-refractivity contribution in [3.8, 4) is 5.69 Å². The van der Waals surface area contributed by atoms with Gasteiger partial charge in [0.25, 0.3) is 5.91 Å². The summed E-state index contributed by atoms with van der Waals surface area (Å²) in [6.07, 6.45) is 1.48. The number of tetrazole rings is 1. The van der Waals surface area contributed by atoms with Crippen molar-refractivity contribution in [3.05, 3.63) is 47.5 Å². The molecule has 10 heteroatoms. The van der Waals surface area contributed by atoms with Gasteiger partial charge in [-0.25, -0.2) is 14.6 Å². The maximum absolute atomic E-state index is 12.8. The Morgan fingerprint density at radius 3 is 2.57 bits per heavy atom. The van der Waals surface area contributed by atoms with Crippen molar-refractivity contribution in [2.75, 3.05) is 36.5 Å². The zero-order valence-electron chi connectivity index (χ0n) is 15.7. The van der Waals surface area contributed by atoms with E-state index >= 15 is 0 Å². The van der Waals surface area contributed by atoms with Crippen LogP contribution in [0.15, 0.2) is 30.6 Å². The molecule has 4 rings (SSSR count). The van der Waals surface area contributed by atoms with Crippen molar-refractivity contribution in [3.63, 3.8) is 0 Å². The van der Waals surface area contributed by atoms with Crippen LogP contribution >= 0.6 is 0 Å². The third-order valence-corrected chi connectivity index (χ3v) is 4.51. The maximum Gasteiger partial charge on any atom is 0.255 e. The molecule has 0 bridgehead atoms. The number of aryl methyl sites for hydroxylation is 2. The first-order valence-corrected chi connectivity index (χ1v) is 8.94. The van der Waals surface area contributed by atoms with Crippen molar-refractivity contribution >= 4 is 17.5 Å². The molecular weight excluding hydrogens is 360 g/mol. The number of morpholine rings is 1. The van der Waals surface area contributed by atoms with E-state index < -0.39 is 0 Å². The zero-order chi connectivity index (χ0) is 19.5. The molecule has 1 N–H and O–H groups in total. The Hall–Kier alpha value is -3.40. The molecule has 0 atom stereocenters. The number of aromatic nitrogens is 6. The summed E-state index contributed by atoms with van der Waals surface area (Å²) in [6.45, 7) is 6.58. The first-order chi connectivity index (χ1) is 13.6. The molecule has 10 nitrogen and oxygen atoms in total. The monoisotopic (exact) mass is 380 g/mol. The Morgan fingerprint density at radius 2 is 1.89 bits per heavy atom. The van der Waals surface area contributed by atoms with Crippen LogP contribution in [0.25, 0.3) is 5.69 Å². The Bertz CT molecular complexity index is 960. The van der Waals surface area contributed by atoms with Crippen LogP contribution in [-0.2, 0) is 4.74 Å². The fourth-order valence-electron chi connectivity index (χ4n) is 3.04. The Kier molecular flexibility index (Phi) is 4.94. The van der Waals surface area contributed by atoms with Crippen LogP contribution in [0, 0.1) is 13.8 Å². The number of rotatable bonds is 4. The quantitative estimate of drug-likeness (QED) is 0.718. The second kappa shape index (κ2) is 7.69. The van der Waals surface area contributed by atoms with E-state index in [1.54, 1.807) is 18.2 Å². The van der Waals surface area contributed by atoms with Gasteiger partial charge in [-0.2, -0.15) is 0 Å². The molecule has 0 aliphatic carbocycles. The second-order valence-corrected chi connectivity index (χ2v) is 6.43. The minimum atomic E-state index is -0.246. The van der Waals surface area contributed by atoms with Crippen molar-refractivity contribution in [2.24, 2.45) is 0 Å². The first-order valence-electron chi connectivity index (χ1n) is 8.94. The highest BCUT2D eigenvalue weighted by molar-refractivity contribution is 6.05. The Morgan fingerprint density at radius 1 is 1.14 bits per heavy atom. The van der Waals surface area contributed by atoms with E-state index in [9.17, 15) is 4.79 Å². The van der Waals surface area contributed by atoms with E-state index in [0.29, 0.717) is 36.1 Å². The van der Waals surface area contributed by atoms with E-state index in [1.165, 1.54) is 11.0 Å². The summed E-state index contributed by atoms with van der Waals surface area (Å²) in [4.78, 5) is 24.0. The number of amides is 1. The van der Waals surface area contributed by atoms with Gasteiger partial charge in [-0.1, -0.05) is 6.07 Å². The SMILES string of the molecule is Cc1nc(N2CCOCC2)nc(C)c1NC(=O)c1cccc(-n2cnnn2)c1. The van der Waals surface area contributed by atoms with Crippen LogP contribution in [0.3, 0.4) is 0 Å². The summed E-state index contributed by atoms with van der Waals surface area (Å²) in [6, 6.07) is 7.06. The third-order valence-electron chi connectivity index (χ3n) is 4.51. The predicted octanol–water partition coefficient (Wildman–Crippen LogP) is 1.16. The number of benzene rings is 1. The molecule has 0 radical (unpaired) electrons. The average Bonchev–Trinajstić information content (AvgIpc) is 3.26. The lowest BCUT2D eigenvalue weighted by molar-refractivity contribution is 0.102. The Labute approximate surface area is 161 Å². The maximum atomic E-state index is 12.8. The second-order valence-electron chi connectivity index (χ2n) is 6.43. The largest absolute Gasteiger partial charge is 0.378 e. The van der Waals surface area contributed by atoms with Crippen molar-refractivity contribution in [1.29, 1.82) is 0 Å². The van der Waals surface area contributed by atoms with Crippen LogP contribution in [0.1, 0.15) is 21.7 Å². The summed E-state index contributed by atoms with van der Waals surface area (Å²) in [7, 11) is 0. The van der Waals surface area contributed by atoms with Gasteiger partial charge >= 0.3 is 0 Å². The average molecular weight is 380 g/mol. The van der Waals surface area contributed by atoms with Gasteiger partial charge in [-0.15, -0.1) is 5.10 Å². The fraction of sp³-hybridized carbons (Fsp3) is 0.333. The number of ether oxygens (including phenoxy) is 1. The lowest BCUT2D eigenvalue weighted by Gasteiger charge is -2.27. The lowest BCUT2D eigenvalue weighted by atomic mass is 10.1. The summed E-state index contributed by atoms with van der Waals surface area (Å²) in [5.74, 6) is 0.417. The van der Waals surface area contributed by atoms with Crippen molar-refractivity contribution in [1.82, 2.24) is 30.2 Å². The summed E-state index contributed by atoms with van der Waals surface area (Å²) < 4.78 is 6.87. The fourth-order valence-corrected chi connectivity index (χ4v) is 3.04. The van der Waals surface area contributed by atoms with Crippen LogP contribution in [0.2, 0.25) is 0 Å². The van der Waals surface area contributed by atoms with E-state index in [4.69, 9.17) is 4.74 Å². The van der Waals surface area contributed by atoms with Crippen molar-refractivity contribution < 1.29 is 9.53 Å². The smallest absolute Gasteiger partial charge is 0.255 e. The molecule has 28 heavy (non-hydrogen) atoms. The van der Waals surface area contributed by atoms with Gasteiger partial charge in [-0.05, 0) is 42.5 Å². The van der Waals surface area contributed by atoms with Gasteiger partial charge in [0.05, 0.1) is 36.0 Å². The number of carbonyl (C=O) groups excluding carboxylic acids is 1. The van der Waals surface area contributed by atoms with Gasteiger partial charge in [-0.3, -0.25) is 4.79 Å². The molecule has 1 aliphatic heterocycles. The zero-order valence-corrected chi connectivity index (χ0v) is 15.7. The molecule has 3 heterocycles. The number of carbonyl (C=O) groups is 1. The molecule has 0 spiro atoms. The molecule has 2 aromatic heterocycles. The molecular formula is C18H20N8O2.